The smallest absolute Gasteiger partial charge is 0.0490 e. The lowest BCUT2D eigenvalue weighted by molar-refractivity contribution is 0.0450. The first kappa shape index (κ1) is 10.7. The van der Waals surface area contributed by atoms with E-state index in [1.807, 2.05) is 0 Å². The van der Waals surface area contributed by atoms with E-state index >= 15 is 0 Å². The van der Waals surface area contributed by atoms with Crippen LogP contribution in [0.5, 0.6) is 0 Å². The monoisotopic (exact) mass is 204 g/mol. The summed E-state index contributed by atoms with van der Waals surface area (Å²) in [5.41, 5.74) is 4.26. The molecule has 0 aromatic heterocycles. The fourth-order valence-corrected chi connectivity index (χ4v) is 2.67. The third kappa shape index (κ3) is 2.23. The Morgan fingerprint density at radius 1 is 1.13 bits per heavy atom. The summed E-state index contributed by atoms with van der Waals surface area (Å²) in [5.74, 6) is 0. The maximum absolute atomic E-state index is 9.44. The van der Waals surface area contributed by atoms with Gasteiger partial charge in [0.15, 0.2) is 0 Å². The van der Waals surface area contributed by atoms with Crippen LogP contribution in [0.1, 0.15) is 36.0 Å². The number of hydrogen-bond acceptors (Lipinski definition) is 1. The Labute approximate surface area is 92.1 Å². The van der Waals surface area contributed by atoms with Crippen LogP contribution in [-0.2, 0) is 6.42 Å². The molecule has 2 rings (SSSR count). The molecule has 0 heterocycles. The normalized spacial score (nSPS) is 18.6. The molecule has 1 heteroatoms. The number of hydrogen-bond donors (Lipinski definition) is 1. The molecular formula is C14H20O. The summed E-state index contributed by atoms with van der Waals surface area (Å²) in [4.78, 5) is 0. The Kier molecular flexibility index (Phi) is 2.83. The lowest BCUT2D eigenvalue weighted by atomic mass is 9.66. The van der Waals surface area contributed by atoms with E-state index in [1.165, 1.54) is 36.0 Å². The van der Waals surface area contributed by atoms with E-state index in [1.54, 1.807) is 0 Å². The van der Waals surface area contributed by atoms with Gasteiger partial charge in [0, 0.05) is 6.61 Å². The van der Waals surface area contributed by atoms with Gasteiger partial charge in [-0.2, -0.15) is 0 Å². The van der Waals surface area contributed by atoms with Gasteiger partial charge in [-0.3, -0.25) is 0 Å². The van der Waals surface area contributed by atoms with Gasteiger partial charge in [0.05, 0.1) is 0 Å². The van der Waals surface area contributed by atoms with Crippen molar-refractivity contribution in [1.82, 2.24) is 0 Å². The van der Waals surface area contributed by atoms with Gasteiger partial charge in [-0.15, -0.1) is 0 Å². The van der Waals surface area contributed by atoms with Crippen LogP contribution in [0.4, 0.5) is 0 Å². The number of rotatable bonds is 3. The molecule has 1 aliphatic rings. The van der Waals surface area contributed by atoms with Crippen molar-refractivity contribution in [1.29, 1.82) is 0 Å². The highest BCUT2D eigenvalue weighted by molar-refractivity contribution is 5.29. The molecule has 15 heavy (non-hydrogen) atoms. The lowest BCUT2D eigenvalue weighted by Crippen LogP contribution is -2.35. The second-order valence-electron chi connectivity index (χ2n) is 5.18. The van der Waals surface area contributed by atoms with E-state index in [0.29, 0.717) is 6.61 Å². The SMILES string of the molecule is Cc1cc(C)cc(CC2(CO)CCC2)c1. The van der Waals surface area contributed by atoms with Crippen LogP contribution >= 0.6 is 0 Å². The summed E-state index contributed by atoms with van der Waals surface area (Å²) in [6.45, 7) is 4.63. The van der Waals surface area contributed by atoms with Gasteiger partial charge in [-0.1, -0.05) is 35.7 Å². The molecule has 0 spiro atoms. The van der Waals surface area contributed by atoms with E-state index < -0.39 is 0 Å². The lowest BCUT2D eigenvalue weighted by Gasteiger charge is -2.40. The predicted octanol–water partition coefficient (Wildman–Crippen LogP) is 3.01. The van der Waals surface area contributed by atoms with E-state index in [2.05, 4.69) is 32.0 Å². The van der Waals surface area contributed by atoms with Crippen LogP contribution in [0.25, 0.3) is 0 Å². The molecule has 0 aliphatic heterocycles. The van der Waals surface area contributed by atoms with Crippen LogP contribution in [-0.4, -0.2) is 11.7 Å². The van der Waals surface area contributed by atoms with Crippen LogP contribution in [0.3, 0.4) is 0 Å². The fraction of sp³-hybridized carbons (Fsp3) is 0.571. The number of aliphatic hydroxyl groups excluding tert-OH is 1. The van der Waals surface area contributed by atoms with E-state index in [0.717, 1.165) is 6.42 Å². The van der Waals surface area contributed by atoms with Gasteiger partial charge < -0.3 is 5.11 Å². The molecule has 0 atom stereocenters. The maximum atomic E-state index is 9.44. The van der Waals surface area contributed by atoms with Gasteiger partial charge in [0.1, 0.15) is 0 Å². The Morgan fingerprint density at radius 3 is 2.13 bits per heavy atom. The van der Waals surface area contributed by atoms with Crippen LogP contribution < -0.4 is 0 Å². The van der Waals surface area contributed by atoms with Gasteiger partial charge in [-0.25, -0.2) is 0 Å². The van der Waals surface area contributed by atoms with Crippen molar-refractivity contribution in [3.05, 3.63) is 34.9 Å². The Bertz CT molecular complexity index is 325. The van der Waals surface area contributed by atoms with Crippen molar-refractivity contribution >= 4 is 0 Å². The zero-order valence-electron chi connectivity index (χ0n) is 9.71. The molecule has 1 aliphatic carbocycles. The third-order valence-electron chi connectivity index (χ3n) is 3.61. The van der Waals surface area contributed by atoms with Crippen molar-refractivity contribution < 1.29 is 5.11 Å². The summed E-state index contributed by atoms with van der Waals surface area (Å²) in [5, 5.41) is 9.44. The predicted molar refractivity (Wildman–Crippen MR) is 63.0 cm³/mol. The molecule has 1 aromatic rings. The zero-order chi connectivity index (χ0) is 10.9. The molecule has 0 radical (unpaired) electrons. The highest BCUT2D eigenvalue weighted by Crippen LogP contribution is 2.43. The van der Waals surface area contributed by atoms with Crippen LogP contribution in [0.2, 0.25) is 0 Å². The van der Waals surface area contributed by atoms with E-state index in [9.17, 15) is 5.11 Å². The van der Waals surface area contributed by atoms with Gasteiger partial charge >= 0.3 is 0 Å². The van der Waals surface area contributed by atoms with Crippen LogP contribution in [0, 0.1) is 19.3 Å². The summed E-state index contributed by atoms with van der Waals surface area (Å²) in [6.07, 6.45) is 4.71. The standard InChI is InChI=1S/C14H20O/c1-11-6-12(2)8-13(7-11)9-14(10-15)4-3-5-14/h6-8,15H,3-5,9-10H2,1-2H3. The number of benzene rings is 1. The number of aryl methyl sites for hydroxylation is 2. The van der Waals surface area contributed by atoms with Crippen molar-refractivity contribution in [2.75, 3.05) is 6.61 Å². The quantitative estimate of drug-likeness (QED) is 0.802. The van der Waals surface area contributed by atoms with E-state index in [4.69, 9.17) is 0 Å². The minimum atomic E-state index is 0.209. The fourth-order valence-electron chi connectivity index (χ4n) is 2.67. The Hall–Kier alpha value is -0.820. The molecule has 82 valence electrons. The second-order valence-corrected chi connectivity index (χ2v) is 5.18. The molecule has 1 nitrogen and oxygen atoms in total. The minimum Gasteiger partial charge on any atom is -0.396 e. The maximum Gasteiger partial charge on any atom is 0.0490 e. The summed E-state index contributed by atoms with van der Waals surface area (Å²) < 4.78 is 0. The average molecular weight is 204 g/mol. The average Bonchev–Trinajstić information content (AvgIpc) is 2.10. The summed E-state index contributed by atoms with van der Waals surface area (Å²) in [6, 6.07) is 6.71. The molecule has 1 N–H and O–H groups in total. The largest absolute Gasteiger partial charge is 0.396 e. The van der Waals surface area contributed by atoms with Gasteiger partial charge in [-0.05, 0) is 44.1 Å². The summed E-state index contributed by atoms with van der Waals surface area (Å²) in [7, 11) is 0. The van der Waals surface area contributed by atoms with Gasteiger partial charge in [0.2, 0.25) is 0 Å². The first-order chi connectivity index (χ1) is 7.13. The number of aliphatic hydroxyl groups is 1. The Balaban J connectivity index is 2.16. The van der Waals surface area contributed by atoms with E-state index in [-0.39, 0.29) is 5.41 Å². The minimum absolute atomic E-state index is 0.209. The molecule has 1 saturated carbocycles. The molecule has 0 amide bonds. The molecular weight excluding hydrogens is 184 g/mol. The molecule has 0 bridgehead atoms. The molecule has 1 fully saturated rings. The van der Waals surface area contributed by atoms with Crippen molar-refractivity contribution in [3.63, 3.8) is 0 Å². The van der Waals surface area contributed by atoms with Crippen LogP contribution in [0.15, 0.2) is 18.2 Å². The molecule has 1 aromatic carbocycles. The summed E-state index contributed by atoms with van der Waals surface area (Å²) >= 11 is 0. The molecule has 0 unspecified atom stereocenters. The van der Waals surface area contributed by atoms with Crippen molar-refractivity contribution in [2.24, 2.45) is 5.41 Å². The second kappa shape index (κ2) is 3.97. The highest BCUT2D eigenvalue weighted by Gasteiger charge is 2.36. The van der Waals surface area contributed by atoms with Crippen molar-refractivity contribution in [2.45, 2.75) is 39.5 Å². The molecule has 0 saturated heterocycles. The zero-order valence-corrected chi connectivity index (χ0v) is 9.71. The third-order valence-corrected chi connectivity index (χ3v) is 3.61. The van der Waals surface area contributed by atoms with Gasteiger partial charge in [0.25, 0.3) is 0 Å². The Morgan fingerprint density at radius 2 is 1.73 bits per heavy atom. The first-order valence-electron chi connectivity index (χ1n) is 5.82. The van der Waals surface area contributed by atoms with Crippen molar-refractivity contribution in [3.8, 4) is 0 Å². The highest BCUT2D eigenvalue weighted by atomic mass is 16.3. The topological polar surface area (TPSA) is 20.2 Å². The first-order valence-corrected chi connectivity index (χ1v) is 5.82.